The minimum absolute atomic E-state index is 0.312. The zero-order chi connectivity index (χ0) is 10.7. The first-order chi connectivity index (χ1) is 7.33. The van der Waals surface area contributed by atoms with Gasteiger partial charge in [-0.2, -0.15) is 0 Å². The van der Waals surface area contributed by atoms with Crippen molar-refractivity contribution in [2.45, 2.75) is 44.7 Å². The molecule has 0 aliphatic carbocycles. The van der Waals surface area contributed by atoms with Gasteiger partial charge >= 0.3 is 0 Å². The van der Waals surface area contributed by atoms with Gasteiger partial charge in [0.05, 0.1) is 0 Å². The molecule has 3 saturated heterocycles. The van der Waals surface area contributed by atoms with Gasteiger partial charge in [0.25, 0.3) is 0 Å². The number of rotatable bonds is 5. The molecule has 88 valence electrons. The lowest BCUT2D eigenvalue weighted by Crippen LogP contribution is -2.58. The average molecular weight is 212 g/mol. The molecule has 3 heterocycles. The van der Waals surface area contributed by atoms with E-state index in [0.29, 0.717) is 18.7 Å². The number of nitrogens with zero attached hydrogens (tertiary/aromatic N) is 1. The first-order valence-corrected chi connectivity index (χ1v) is 6.42. The van der Waals surface area contributed by atoms with E-state index in [4.69, 9.17) is 5.11 Å². The van der Waals surface area contributed by atoms with Crippen LogP contribution in [0.5, 0.6) is 0 Å². The SMILES string of the molecule is CCC(CCO)NC1CN2CCC1CC2. The molecule has 0 saturated carbocycles. The Labute approximate surface area is 92.8 Å². The molecule has 0 spiro atoms. The maximum atomic E-state index is 8.98. The van der Waals surface area contributed by atoms with E-state index in [-0.39, 0.29) is 0 Å². The maximum Gasteiger partial charge on any atom is 0.0445 e. The lowest BCUT2D eigenvalue weighted by molar-refractivity contribution is 0.0646. The van der Waals surface area contributed by atoms with Gasteiger partial charge in [0.1, 0.15) is 0 Å². The molecule has 0 aromatic heterocycles. The van der Waals surface area contributed by atoms with Gasteiger partial charge in [0, 0.05) is 25.2 Å². The highest BCUT2D eigenvalue weighted by atomic mass is 16.3. The summed E-state index contributed by atoms with van der Waals surface area (Å²) < 4.78 is 0. The van der Waals surface area contributed by atoms with Gasteiger partial charge in [0.2, 0.25) is 0 Å². The molecule has 0 radical (unpaired) electrons. The summed E-state index contributed by atoms with van der Waals surface area (Å²) in [5.74, 6) is 0.891. The Balaban J connectivity index is 1.83. The molecule has 3 nitrogen and oxygen atoms in total. The van der Waals surface area contributed by atoms with Crippen molar-refractivity contribution in [3.63, 3.8) is 0 Å². The van der Waals surface area contributed by atoms with Crippen LogP contribution in [0.1, 0.15) is 32.6 Å². The number of nitrogens with one attached hydrogen (secondary N) is 1. The lowest BCUT2D eigenvalue weighted by atomic mass is 9.83. The fourth-order valence-electron chi connectivity index (χ4n) is 3.02. The third kappa shape index (κ3) is 2.71. The normalized spacial score (nSPS) is 36.8. The summed E-state index contributed by atoms with van der Waals surface area (Å²) in [4.78, 5) is 2.57. The van der Waals surface area contributed by atoms with E-state index in [1.54, 1.807) is 0 Å². The number of aliphatic hydroxyl groups is 1. The Bertz CT molecular complexity index is 190. The van der Waals surface area contributed by atoms with Crippen LogP contribution in [-0.2, 0) is 0 Å². The van der Waals surface area contributed by atoms with Gasteiger partial charge in [-0.25, -0.2) is 0 Å². The molecule has 0 amide bonds. The smallest absolute Gasteiger partial charge is 0.0445 e. The summed E-state index contributed by atoms with van der Waals surface area (Å²) in [6, 6.07) is 1.20. The molecule has 0 aromatic carbocycles. The molecular formula is C12H24N2O. The fraction of sp³-hybridized carbons (Fsp3) is 1.00. The summed E-state index contributed by atoms with van der Waals surface area (Å²) in [6.45, 7) is 6.35. The van der Waals surface area contributed by atoms with Crippen LogP contribution in [0.2, 0.25) is 0 Å². The Morgan fingerprint density at radius 3 is 2.60 bits per heavy atom. The standard InChI is InChI=1S/C12H24N2O/c1-2-11(5-8-15)13-12-9-14-6-3-10(12)4-7-14/h10-13,15H,2-9H2,1H3. The maximum absolute atomic E-state index is 8.98. The van der Waals surface area contributed by atoms with Gasteiger partial charge < -0.3 is 15.3 Å². The molecule has 2 bridgehead atoms. The first kappa shape index (κ1) is 11.4. The van der Waals surface area contributed by atoms with Crippen LogP contribution in [0.15, 0.2) is 0 Å². The highest BCUT2D eigenvalue weighted by molar-refractivity contribution is 4.92. The summed E-state index contributed by atoms with van der Waals surface area (Å²) >= 11 is 0. The van der Waals surface area contributed by atoms with E-state index in [1.165, 1.54) is 32.5 Å². The predicted octanol–water partition coefficient (Wildman–Crippen LogP) is 0.831. The summed E-state index contributed by atoms with van der Waals surface area (Å²) in [7, 11) is 0. The van der Waals surface area contributed by atoms with Gasteiger partial charge in [-0.05, 0) is 44.7 Å². The van der Waals surface area contributed by atoms with Crippen molar-refractivity contribution in [2.75, 3.05) is 26.2 Å². The monoisotopic (exact) mass is 212 g/mol. The Kier molecular flexibility index (Phi) is 4.00. The summed E-state index contributed by atoms with van der Waals surface area (Å²) in [6.07, 6.45) is 4.77. The lowest BCUT2D eigenvalue weighted by Gasteiger charge is -2.46. The van der Waals surface area contributed by atoms with Gasteiger partial charge in [-0.3, -0.25) is 0 Å². The van der Waals surface area contributed by atoms with Crippen LogP contribution in [0, 0.1) is 5.92 Å². The van der Waals surface area contributed by atoms with E-state index < -0.39 is 0 Å². The molecular weight excluding hydrogens is 188 g/mol. The first-order valence-electron chi connectivity index (χ1n) is 6.42. The molecule has 2 atom stereocenters. The topological polar surface area (TPSA) is 35.5 Å². The fourth-order valence-corrected chi connectivity index (χ4v) is 3.02. The zero-order valence-electron chi connectivity index (χ0n) is 9.78. The van der Waals surface area contributed by atoms with Crippen LogP contribution < -0.4 is 5.32 Å². The highest BCUT2D eigenvalue weighted by Gasteiger charge is 2.34. The van der Waals surface area contributed by atoms with Crippen molar-refractivity contribution in [1.82, 2.24) is 10.2 Å². The van der Waals surface area contributed by atoms with E-state index in [2.05, 4.69) is 17.1 Å². The average Bonchev–Trinajstić information content (AvgIpc) is 2.30. The number of hydrogen-bond acceptors (Lipinski definition) is 3. The van der Waals surface area contributed by atoms with Crippen molar-refractivity contribution < 1.29 is 5.11 Å². The second-order valence-corrected chi connectivity index (χ2v) is 5.03. The third-order valence-corrected chi connectivity index (χ3v) is 4.08. The Hall–Kier alpha value is -0.120. The van der Waals surface area contributed by atoms with Crippen LogP contribution in [0.25, 0.3) is 0 Å². The summed E-state index contributed by atoms with van der Waals surface area (Å²) in [5, 5.41) is 12.7. The number of aliphatic hydroxyl groups excluding tert-OH is 1. The number of fused-ring (bicyclic) bond motifs is 3. The van der Waals surface area contributed by atoms with E-state index in [9.17, 15) is 0 Å². The van der Waals surface area contributed by atoms with Crippen molar-refractivity contribution in [2.24, 2.45) is 5.92 Å². The Morgan fingerprint density at radius 2 is 2.13 bits per heavy atom. The van der Waals surface area contributed by atoms with Crippen LogP contribution in [0.4, 0.5) is 0 Å². The molecule has 3 aliphatic heterocycles. The third-order valence-electron chi connectivity index (χ3n) is 4.08. The molecule has 15 heavy (non-hydrogen) atoms. The van der Waals surface area contributed by atoms with Crippen LogP contribution >= 0.6 is 0 Å². The van der Waals surface area contributed by atoms with E-state index in [0.717, 1.165) is 18.8 Å². The zero-order valence-corrected chi connectivity index (χ0v) is 9.78. The van der Waals surface area contributed by atoms with Crippen molar-refractivity contribution in [1.29, 1.82) is 0 Å². The molecule has 3 heteroatoms. The van der Waals surface area contributed by atoms with Gasteiger partial charge in [0.15, 0.2) is 0 Å². The molecule has 3 fully saturated rings. The Morgan fingerprint density at radius 1 is 1.40 bits per heavy atom. The van der Waals surface area contributed by atoms with Crippen molar-refractivity contribution >= 4 is 0 Å². The number of hydrogen-bond donors (Lipinski definition) is 2. The largest absolute Gasteiger partial charge is 0.396 e. The minimum Gasteiger partial charge on any atom is -0.396 e. The van der Waals surface area contributed by atoms with Crippen LogP contribution in [0.3, 0.4) is 0 Å². The second-order valence-electron chi connectivity index (χ2n) is 5.03. The number of piperidine rings is 3. The van der Waals surface area contributed by atoms with Gasteiger partial charge in [-0.1, -0.05) is 6.92 Å². The van der Waals surface area contributed by atoms with Gasteiger partial charge in [-0.15, -0.1) is 0 Å². The van der Waals surface area contributed by atoms with Crippen molar-refractivity contribution in [3.8, 4) is 0 Å². The minimum atomic E-state index is 0.312. The van der Waals surface area contributed by atoms with Crippen LogP contribution in [-0.4, -0.2) is 48.3 Å². The van der Waals surface area contributed by atoms with E-state index in [1.807, 2.05) is 0 Å². The molecule has 0 aromatic rings. The molecule has 2 unspecified atom stereocenters. The summed E-state index contributed by atoms with van der Waals surface area (Å²) in [5.41, 5.74) is 0. The van der Waals surface area contributed by atoms with E-state index >= 15 is 0 Å². The highest BCUT2D eigenvalue weighted by Crippen LogP contribution is 2.27. The second kappa shape index (κ2) is 5.28. The molecule has 3 aliphatic rings. The predicted molar refractivity (Wildman–Crippen MR) is 61.9 cm³/mol. The molecule has 3 rings (SSSR count). The van der Waals surface area contributed by atoms with Crippen molar-refractivity contribution in [3.05, 3.63) is 0 Å². The molecule has 2 N–H and O–H groups in total. The quantitative estimate of drug-likeness (QED) is 0.708.